The van der Waals surface area contributed by atoms with Gasteiger partial charge in [-0.1, -0.05) is 0 Å². The third-order valence-electron chi connectivity index (χ3n) is 3.38. The molecule has 1 atom stereocenters. The molecular weight excluding hydrogens is 251 g/mol. The Hall–Kier alpha value is -1.23. The van der Waals surface area contributed by atoms with Gasteiger partial charge < -0.3 is 10.6 Å². The predicted molar refractivity (Wildman–Crippen MR) is 72.7 cm³/mol. The highest BCUT2D eigenvalue weighted by molar-refractivity contribution is 7.99. The van der Waals surface area contributed by atoms with Gasteiger partial charge in [0.05, 0.1) is 5.69 Å². The number of hydrogen-bond donors (Lipinski definition) is 2. The van der Waals surface area contributed by atoms with Crippen molar-refractivity contribution in [2.75, 3.05) is 22.1 Å². The second kappa shape index (κ2) is 4.80. The van der Waals surface area contributed by atoms with Crippen LogP contribution in [-0.2, 0) is 11.2 Å². The topological polar surface area (TPSA) is 41.1 Å². The molecule has 0 bridgehead atoms. The first-order chi connectivity index (χ1) is 8.72. The summed E-state index contributed by atoms with van der Waals surface area (Å²) in [5.41, 5.74) is 2.14. The number of thioether (sulfide) groups is 1. The molecule has 2 aliphatic rings. The number of carbonyl (C=O) groups is 1. The van der Waals surface area contributed by atoms with Gasteiger partial charge in [0.2, 0.25) is 5.91 Å². The van der Waals surface area contributed by atoms with Crippen LogP contribution in [0.2, 0.25) is 0 Å². The Morgan fingerprint density at radius 2 is 2.28 bits per heavy atom. The molecule has 1 aromatic rings. The maximum absolute atomic E-state index is 13.9. The number of rotatable bonds is 2. The van der Waals surface area contributed by atoms with Gasteiger partial charge in [-0.05, 0) is 36.3 Å². The van der Waals surface area contributed by atoms with Crippen LogP contribution in [0.1, 0.15) is 18.4 Å². The van der Waals surface area contributed by atoms with Gasteiger partial charge in [0.25, 0.3) is 0 Å². The van der Waals surface area contributed by atoms with Crippen molar-refractivity contribution < 1.29 is 9.18 Å². The lowest BCUT2D eigenvalue weighted by molar-refractivity contribution is -0.116. The molecule has 0 radical (unpaired) electrons. The molecule has 0 aromatic heterocycles. The van der Waals surface area contributed by atoms with Gasteiger partial charge in [-0.15, -0.1) is 0 Å². The summed E-state index contributed by atoms with van der Waals surface area (Å²) in [6, 6.07) is 3.60. The Balaban J connectivity index is 1.85. The van der Waals surface area contributed by atoms with Crippen LogP contribution in [-0.4, -0.2) is 23.5 Å². The first kappa shape index (κ1) is 11.8. The lowest BCUT2D eigenvalue weighted by Crippen LogP contribution is -2.22. The SMILES string of the molecule is O=C1CCc2cc(F)c(NC3CCSC3)cc2N1. The predicted octanol–water partition coefficient (Wildman–Crippen LogP) is 2.63. The maximum Gasteiger partial charge on any atom is 0.224 e. The van der Waals surface area contributed by atoms with E-state index in [9.17, 15) is 9.18 Å². The van der Waals surface area contributed by atoms with Crippen LogP contribution >= 0.6 is 11.8 Å². The number of amides is 1. The maximum atomic E-state index is 13.9. The molecule has 2 N–H and O–H groups in total. The number of anilines is 2. The molecule has 96 valence electrons. The van der Waals surface area contributed by atoms with E-state index in [0.717, 1.165) is 29.2 Å². The molecule has 1 saturated heterocycles. The average molecular weight is 266 g/mol. The second-order valence-corrected chi connectivity index (χ2v) is 5.89. The molecule has 0 aliphatic carbocycles. The third kappa shape index (κ3) is 2.32. The molecule has 3 rings (SSSR count). The quantitative estimate of drug-likeness (QED) is 0.864. The van der Waals surface area contributed by atoms with Crippen molar-refractivity contribution in [3.8, 4) is 0 Å². The number of halogens is 1. The minimum Gasteiger partial charge on any atom is -0.379 e. The molecule has 18 heavy (non-hydrogen) atoms. The van der Waals surface area contributed by atoms with Gasteiger partial charge in [-0.2, -0.15) is 11.8 Å². The van der Waals surface area contributed by atoms with Crippen molar-refractivity contribution in [2.45, 2.75) is 25.3 Å². The summed E-state index contributed by atoms with van der Waals surface area (Å²) in [7, 11) is 0. The average Bonchev–Trinajstić information content (AvgIpc) is 2.83. The molecule has 0 spiro atoms. The molecule has 0 saturated carbocycles. The lowest BCUT2D eigenvalue weighted by Gasteiger charge is -2.20. The van der Waals surface area contributed by atoms with Gasteiger partial charge in [0.1, 0.15) is 5.82 Å². The summed E-state index contributed by atoms with van der Waals surface area (Å²) < 4.78 is 13.9. The normalized spacial score (nSPS) is 22.5. The Labute approximate surface area is 110 Å². The number of aryl methyl sites for hydroxylation is 1. The first-order valence-corrected chi connectivity index (χ1v) is 7.34. The number of nitrogens with one attached hydrogen (secondary N) is 2. The fourth-order valence-corrected chi connectivity index (χ4v) is 3.53. The number of benzene rings is 1. The Bertz CT molecular complexity index is 486. The Morgan fingerprint density at radius 3 is 3.06 bits per heavy atom. The van der Waals surface area contributed by atoms with Gasteiger partial charge in [0, 0.05) is 23.9 Å². The van der Waals surface area contributed by atoms with Crippen LogP contribution in [0.25, 0.3) is 0 Å². The lowest BCUT2D eigenvalue weighted by atomic mass is 10.0. The zero-order valence-electron chi connectivity index (χ0n) is 9.96. The van der Waals surface area contributed by atoms with Crippen LogP contribution in [0.3, 0.4) is 0 Å². The Morgan fingerprint density at radius 1 is 1.39 bits per heavy atom. The molecule has 2 heterocycles. The molecule has 1 amide bonds. The Kier molecular flexibility index (Phi) is 3.16. The zero-order chi connectivity index (χ0) is 12.5. The van der Waals surface area contributed by atoms with Gasteiger partial charge in [-0.3, -0.25) is 4.79 Å². The molecule has 5 heteroatoms. The van der Waals surface area contributed by atoms with E-state index in [2.05, 4.69) is 10.6 Å². The van der Waals surface area contributed by atoms with Gasteiger partial charge >= 0.3 is 0 Å². The standard InChI is InChI=1S/C13H15FN2OS/c14-10-5-8-1-2-13(17)16-11(8)6-12(10)15-9-3-4-18-7-9/h5-6,9,15H,1-4,7H2,(H,16,17). The molecule has 1 unspecified atom stereocenters. The zero-order valence-corrected chi connectivity index (χ0v) is 10.8. The van der Waals surface area contributed by atoms with Crippen molar-refractivity contribution in [2.24, 2.45) is 0 Å². The largest absolute Gasteiger partial charge is 0.379 e. The fourth-order valence-electron chi connectivity index (χ4n) is 2.38. The number of carbonyl (C=O) groups excluding carboxylic acids is 1. The summed E-state index contributed by atoms with van der Waals surface area (Å²) in [5.74, 6) is 1.93. The van der Waals surface area contributed by atoms with Crippen molar-refractivity contribution in [1.29, 1.82) is 0 Å². The molecule has 1 fully saturated rings. The third-order valence-corrected chi connectivity index (χ3v) is 4.54. The summed E-state index contributed by atoms with van der Waals surface area (Å²) in [6.45, 7) is 0. The highest BCUT2D eigenvalue weighted by atomic mass is 32.2. The van der Waals surface area contributed by atoms with E-state index >= 15 is 0 Å². The summed E-state index contributed by atoms with van der Waals surface area (Å²) >= 11 is 1.88. The summed E-state index contributed by atoms with van der Waals surface area (Å²) in [4.78, 5) is 11.3. The molecular formula is C13H15FN2OS. The molecule has 1 aromatic carbocycles. The van der Waals surface area contributed by atoms with Gasteiger partial charge in [0.15, 0.2) is 0 Å². The molecule has 3 nitrogen and oxygen atoms in total. The van der Waals surface area contributed by atoms with E-state index in [1.165, 1.54) is 0 Å². The van der Waals surface area contributed by atoms with Crippen LogP contribution in [0.15, 0.2) is 12.1 Å². The molecule has 2 aliphatic heterocycles. The van der Waals surface area contributed by atoms with E-state index in [-0.39, 0.29) is 11.7 Å². The van der Waals surface area contributed by atoms with Crippen molar-refractivity contribution in [1.82, 2.24) is 0 Å². The van der Waals surface area contributed by atoms with Crippen LogP contribution < -0.4 is 10.6 Å². The van der Waals surface area contributed by atoms with Gasteiger partial charge in [-0.25, -0.2) is 4.39 Å². The van der Waals surface area contributed by atoms with Crippen LogP contribution in [0, 0.1) is 5.82 Å². The number of fused-ring (bicyclic) bond motifs is 1. The minimum atomic E-state index is -0.221. The minimum absolute atomic E-state index is 0.0106. The van der Waals surface area contributed by atoms with Crippen molar-refractivity contribution >= 4 is 29.0 Å². The van der Waals surface area contributed by atoms with E-state index < -0.39 is 0 Å². The fraction of sp³-hybridized carbons (Fsp3) is 0.462. The summed E-state index contributed by atoms with van der Waals surface area (Å²) in [5, 5.41) is 6.03. The smallest absolute Gasteiger partial charge is 0.224 e. The highest BCUT2D eigenvalue weighted by Gasteiger charge is 2.20. The van der Waals surface area contributed by atoms with Crippen molar-refractivity contribution in [3.63, 3.8) is 0 Å². The van der Waals surface area contributed by atoms with Crippen LogP contribution in [0.4, 0.5) is 15.8 Å². The first-order valence-electron chi connectivity index (χ1n) is 6.19. The van der Waals surface area contributed by atoms with Crippen molar-refractivity contribution in [3.05, 3.63) is 23.5 Å². The van der Waals surface area contributed by atoms with E-state index in [0.29, 0.717) is 24.6 Å². The number of hydrogen-bond acceptors (Lipinski definition) is 3. The highest BCUT2D eigenvalue weighted by Crippen LogP contribution is 2.30. The van der Waals surface area contributed by atoms with E-state index in [4.69, 9.17) is 0 Å². The second-order valence-electron chi connectivity index (χ2n) is 4.74. The summed E-state index contributed by atoms with van der Waals surface area (Å²) in [6.07, 6.45) is 2.13. The van der Waals surface area contributed by atoms with E-state index in [1.807, 2.05) is 11.8 Å². The monoisotopic (exact) mass is 266 g/mol. The van der Waals surface area contributed by atoms with Crippen LogP contribution in [0.5, 0.6) is 0 Å². The van der Waals surface area contributed by atoms with E-state index in [1.54, 1.807) is 12.1 Å².